The maximum atomic E-state index is 13.9. The van der Waals surface area contributed by atoms with Gasteiger partial charge in [-0.25, -0.2) is 9.07 Å². The molecule has 3 aromatic rings. The molecule has 2 amide bonds. The molecule has 0 aliphatic rings. The Balaban J connectivity index is 1.54. The average molecular weight is 488 g/mol. The van der Waals surface area contributed by atoms with Crippen molar-refractivity contribution in [3.05, 3.63) is 82.4 Å². The zero-order chi connectivity index (χ0) is 25.6. The minimum Gasteiger partial charge on any atom is -0.350 e. The highest BCUT2D eigenvalue weighted by Gasteiger charge is 2.31. The van der Waals surface area contributed by atoms with Crippen molar-refractivity contribution in [3.8, 4) is 6.07 Å². The molecule has 1 aromatic heterocycles. The molecule has 0 aliphatic heterocycles. The van der Waals surface area contributed by atoms with Gasteiger partial charge in [0.15, 0.2) is 5.69 Å². The molecule has 2 aromatic carbocycles. The first-order valence-electron chi connectivity index (χ1n) is 10.5. The lowest BCUT2D eigenvalue weighted by Gasteiger charge is -2.11. The summed E-state index contributed by atoms with van der Waals surface area (Å²) in [5.74, 6) is -2.83. The second-order valence-electron chi connectivity index (χ2n) is 7.45. The van der Waals surface area contributed by atoms with Crippen LogP contribution in [0.3, 0.4) is 0 Å². The summed E-state index contributed by atoms with van der Waals surface area (Å²) in [4.78, 5) is 24.5. The number of rotatable bonds is 8. The third-order valence-electron chi connectivity index (χ3n) is 5.06. The van der Waals surface area contributed by atoms with E-state index < -0.39 is 41.0 Å². The van der Waals surface area contributed by atoms with Crippen molar-refractivity contribution in [3.63, 3.8) is 0 Å². The fourth-order valence-corrected chi connectivity index (χ4v) is 3.11. The largest absolute Gasteiger partial charge is 0.416 e. The van der Waals surface area contributed by atoms with E-state index in [1.54, 1.807) is 12.1 Å². The summed E-state index contributed by atoms with van der Waals surface area (Å²) in [6.45, 7) is 1.99. The van der Waals surface area contributed by atoms with Crippen molar-refractivity contribution >= 4 is 11.8 Å². The van der Waals surface area contributed by atoms with Crippen molar-refractivity contribution in [2.75, 3.05) is 6.54 Å². The van der Waals surface area contributed by atoms with Crippen LogP contribution in [0.15, 0.2) is 48.7 Å². The lowest BCUT2D eigenvalue weighted by molar-refractivity contribution is -0.137. The molecule has 12 heteroatoms. The van der Waals surface area contributed by atoms with Crippen LogP contribution in [-0.2, 0) is 19.1 Å². The maximum absolute atomic E-state index is 13.9. The normalized spacial score (nSPS) is 12.0. The van der Waals surface area contributed by atoms with E-state index in [1.807, 2.05) is 25.1 Å². The van der Waals surface area contributed by atoms with E-state index in [0.29, 0.717) is 11.6 Å². The molecule has 1 unspecified atom stereocenters. The third kappa shape index (κ3) is 6.41. The van der Waals surface area contributed by atoms with Crippen LogP contribution in [0, 0.1) is 17.1 Å². The summed E-state index contributed by atoms with van der Waals surface area (Å²) >= 11 is 0. The molecule has 2 N–H and O–H groups in total. The minimum absolute atomic E-state index is 0.0500. The summed E-state index contributed by atoms with van der Waals surface area (Å²) in [7, 11) is 0. The van der Waals surface area contributed by atoms with E-state index in [9.17, 15) is 32.4 Å². The number of carbonyl (C=O) groups excluding carboxylic acids is 2. The maximum Gasteiger partial charge on any atom is 0.416 e. The van der Waals surface area contributed by atoms with Gasteiger partial charge in [0, 0.05) is 6.54 Å². The highest BCUT2D eigenvalue weighted by molar-refractivity contribution is 5.94. The number of hydrogen-bond donors (Lipinski definition) is 2. The van der Waals surface area contributed by atoms with Gasteiger partial charge in [0.25, 0.3) is 11.8 Å². The zero-order valence-corrected chi connectivity index (χ0v) is 18.4. The molecule has 1 atom stereocenters. The molecule has 1 heterocycles. The van der Waals surface area contributed by atoms with E-state index in [2.05, 4.69) is 20.9 Å². The van der Waals surface area contributed by atoms with Crippen molar-refractivity contribution < 1.29 is 27.2 Å². The standard InChI is InChI=1S/C23H20F4N6O2/c1-2-14-3-5-15(6-4-14)19(12-28)30-22(35)20-13-33(32-31-20)10-9-29-21(34)17-8-7-16(11-18(17)24)23(25,26)27/h3-8,11,13,19H,2,9-10H2,1H3,(H,29,34)(H,30,35). The predicted octanol–water partition coefficient (Wildman–Crippen LogP) is 3.42. The molecule has 0 fully saturated rings. The van der Waals surface area contributed by atoms with Crippen molar-refractivity contribution in [1.29, 1.82) is 5.26 Å². The van der Waals surface area contributed by atoms with Crippen LogP contribution in [0.2, 0.25) is 0 Å². The lowest BCUT2D eigenvalue weighted by Crippen LogP contribution is -2.28. The number of nitriles is 1. The number of nitrogens with one attached hydrogen (secondary N) is 2. The van der Waals surface area contributed by atoms with Gasteiger partial charge in [-0.3, -0.25) is 9.59 Å². The van der Waals surface area contributed by atoms with Gasteiger partial charge in [-0.2, -0.15) is 18.4 Å². The first kappa shape index (κ1) is 25.4. The van der Waals surface area contributed by atoms with E-state index in [4.69, 9.17) is 0 Å². The molecule has 8 nitrogen and oxygen atoms in total. The monoisotopic (exact) mass is 488 g/mol. The van der Waals surface area contributed by atoms with E-state index in [0.717, 1.165) is 18.1 Å². The van der Waals surface area contributed by atoms with Gasteiger partial charge in [0.2, 0.25) is 0 Å². The number of benzene rings is 2. The topological polar surface area (TPSA) is 113 Å². The Bertz CT molecular complexity index is 1250. The third-order valence-corrected chi connectivity index (χ3v) is 5.06. The number of hydrogen-bond acceptors (Lipinski definition) is 5. The fraction of sp³-hybridized carbons (Fsp3) is 0.261. The van der Waals surface area contributed by atoms with Gasteiger partial charge >= 0.3 is 6.18 Å². The van der Waals surface area contributed by atoms with Crippen molar-refractivity contribution in [2.24, 2.45) is 0 Å². The van der Waals surface area contributed by atoms with Gasteiger partial charge in [-0.1, -0.05) is 36.4 Å². The minimum atomic E-state index is -4.72. The Kier molecular flexibility index (Phi) is 7.80. The highest BCUT2D eigenvalue weighted by atomic mass is 19.4. The summed E-state index contributed by atoms with van der Waals surface area (Å²) in [6.07, 6.45) is -2.58. The van der Waals surface area contributed by atoms with Gasteiger partial charge in [-0.05, 0) is 35.7 Å². The molecule has 0 bridgehead atoms. The summed E-state index contributed by atoms with van der Waals surface area (Å²) in [5, 5.41) is 21.8. The van der Waals surface area contributed by atoms with Crippen LogP contribution >= 0.6 is 0 Å². The Hall–Kier alpha value is -4.27. The summed E-state index contributed by atoms with van der Waals surface area (Å²) in [5.41, 5.74) is -0.0881. The molecule has 0 aliphatic carbocycles. The van der Waals surface area contributed by atoms with Crippen LogP contribution < -0.4 is 10.6 Å². The summed E-state index contributed by atoms with van der Waals surface area (Å²) < 4.78 is 53.0. The number of amides is 2. The molecule has 182 valence electrons. The van der Waals surface area contributed by atoms with Gasteiger partial charge in [-0.15, -0.1) is 5.10 Å². The first-order valence-corrected chi connectivity index (χ1v) is 10.5. The van der Waals surface area contributed by atoms with Crippen LogP contribution in [0.5, 0.6) is 0 Å². The molecular weight excluding hydrogens is 468 g/mol. The van der Waals surface area contributed by atoms with Gasteiger partial charge < -0.3 is 10.6 Å². The summed E-state index contributed by atoms with van der Waals surface area (Å²) in [6, 6.07) is 10.00. The second-order valence-corrected chi connectivity index (χ2v) is 7.45. The average Bonchev–Trinajstić information content (AvgIpc) is 3.31. The number of carbonyl (C=O) groups is 2. The van der Waals surface area contributed by atoms with Gasteiger partial charge in [0.05, 0.1) is 29.9 Å². The molecule has 3 rings (SSSR count). The van der Waals surface area contributed by atoms with E-state index in [-0.39, 0.29) is 24.8 Å². The quantitative estimate of drug-likeness (QED) is 0.472. The Labute approximate surface area is 197 Å². The van der Waals surface area contributed by atoms with Crippen LogP contribution in [0.4, 0.5) is 17.6 Å². The molecule has 0 saturated heterocycles. The lowest BCUT2D eigenvalue weighted by atomic mass is 10.0. The second kappa shape index (κ2) is 10.8. The molecule has 35 heavy (non-hydrogen) atoms. The highest BCUT2D eigenvalue weighted by Crippen LogP contribution is 2.30. The van der Waals surface area contributed by atoms with Crippen molar-refractivity contribution in [2.45, 2.75) is 32.1 Å². The molecule has 0 radical (unpaired) electrons. The van der Waals surface area contributed by atoms with E-state index >= 15 is 0 Å². The zero-order valence-electron chi connectivity index (χ0n) is 18.4. The van der Waals surface area contributed by atoms with Crippen LogP contribution in [-0.4, -0.2) is 33.4 Å². The smallest absolute Gasteiger partial charge is 0.350 e. The fourth-order valence-electron chi connectivity index (χ4n) is 3.11. The number of aryl methyl sites for hydroxylation is 1. The van der Waals surface area contributed by atoms with Crippen molar-refractivity contribution in [1.82, 2.24) is 25.6 Å². The Morgan fingerprint density at radius 2 is 1.86 bits per heavy atom. The van der Waals surface area contributed by atoms with E-state index in [1.165, 1.54) is 10.9 Å². The Morgan fingerprint density at radius 1 is 1.14 bits per heavy atom. The number of alkyl halides is 3. The van der Waals surface area contributed by atoms with Gasteiger partial charge in [0.1, 0.15) is 11.9 Å². The van der Waals surface area contributed by atoms with Crippen LogP contribution in [0.25, 0.3) is 0 Å². The first-order chi connectivity index (χ1) is 16.6. The predicted molar refractivity (Wildman–Crippen MR) is 115 cm³/mol. The molecular formula is C23H20F4N6O2. The molecule has 0 saturated carbocycles. The molecule has 0 spiro atoms. The number of nitrogens with zero attached hydrogens (tertiary/aromatic N) is 4. The van der Waals surface area contributed by atoms with Crippen LogP contribution in [0.1, 0.15) is 50.5 Å². The number of halogens is 4. The Morgan fingerprint density at radius 3 is 2.46 bits per heavy atom. The SMILES string of the molecule is CCc1ccc(C(C#N)NC(=O)c2cn(CCNC(=O)c3ccc(C(F)(F)F)cc3F)nn2)cc1. The number of aromatic nitrogens is 3.